The number of halogens is 1. The molecule has 21 heavy (non-hydrogen) atoms. The lowest BCUT2D eigenvalue weighted by Gasteiger charge is -2.24. The summed E-state index contributed by atoms with van der Waals surface area (Å²) in [5.74, 6) is 0. The second-order valence-electron chi connectivity index (χ2n) is 4.81. The summed E-state index contributed by atoms with van der Waals surface area (Å²) in [7, 11) is 4.13. The highest BCUT2D eigenvalue weighted by atomic mass is 35.5. The summed E-state index contributed by atoms with van der Waals surface area (Å²) in [6, 6.07) is 12.0. The van der Waals surface area contributed by atoms with Crippen molar-refractivity contribution in [3.63, 3.8) is 0 Å². The number of nitrogens with zero attached hydrogens (tertiary/aromatic N) is 1. The second kappa shape index (κ2) is 7.75. The molecule has 0 aliphatic rings. The SMILES string of the molecule is CN(C)[C@H](CNC(=S)Nc1ccccc1Cl)c1cccs1. The Morgan fingerprint density at radius 1 is 1.29 bits per heavy atom. The first-order valence-electron chi connectivity index (χ1n) is 6.57. The molecule has 0 aliphatic heterocycles. The van der Waals surface area contributed by atoms with Gasteiger partial charge in [0.25, 0.3) is 0 Å². The van der Waals surface area contributed by atoms with E-state index in [9.17, 15) is 0 Å². The number of benzene rings is 1. The van der Waals surface area contributed by atoms with E-state index in [-0.39, 0.29) is 6.04 Å². The number of anilines is 1. The first kappa shape index (κ1) is 16.2. The molecule has 0 bridgehead atoms. The van der Waals surface area contributed by atoms with Crippen molar-refractivity contribution in [2.24, 2.45) is 0 Å². The maximum atomic E-state index is 6.11. The van der Waals surface area contributed by atoms with E-state index in [0.717, 1.165) is 12.2 Å². The van der Waals surface area contributed by atoms with Crippen molar-refractivity contribution >= 4 is 46.0 Å². The van der Waals surface area contributed by atoms with Gasteiger partial charge in [-0.05, 0) is 49.9 Å². The molecule has 0 radical (unpaired) electrons. The largest absolute Gasteiger partial charge is 0.360 e. The number of hydrogen-bond donors (Lipinski definition) is 2. The van der Waals surface area contributed by atoms with E-state index < -0.39 is 0 Å². The van der Waals surface area contributed by atoms with Crippen LogP contribution in [0.15, 0.2) is 41.8 Å². The third-order valence-corrected chi connectivity index (χ3v) is 4.62. The molecular formula is C15H18ClN3S2. The predicted octanol–water partition coefficient (Wildman–Crippen LogP) is 3.99. The van der Waals surface area contributed by atoms with Gasteiger partial charge in [-0.1, -0.05) is 29.8 Å². The van der Waals surface area contributed by atoms with E-state index in [1.54, 1.807) is 11.3 Å². The Kier molecular flexibility index (Phi) is 5.99. The molecule has 112 valence electrons. The fraction of sp³-hybridized carbons (Fsp3) is 0.267. The molecule has 0 saturated heterocycles. The fourth-order valence-corrected chi connectivity index (χ4v) is 3.24. The van der Waals surface area contributed by atoms with Gasteiger partial charge in [-0.2, -0.15) is 0 Å². The predicted molar refractivity (Wildman–Crippen MR) is 96.4 cm³/mol. The van der Waals surface area contributed by atoms with Crippen molar-refractivity contribution in [3.05, 3.63) is 51.7 Å². The molecule has 3 nitrogen and oxygen atoms in total. The van der Waals surface area contributed by atoms with Crippen LogP contribution < -0.4 is 10.6 Å². The van der Waals surface area contributed by atoms with Gasteiger partial charge in [0.1, 0.15) is 0 Å². The van der Waals surface area contributed by atoms with Gasteiger partial charge in [-0.15, -0.1) is 11.3 Å². The van der Waals surface area contributed by atoms with Gasteiger partial charge in [0.2, 0.25) is 0 Å². The first-order chi connectivity index (χ1) is 10.1. The van der Waals surface area contributed by atoms with Crippen LogP contribution in [0.3, 0.4) is 0 Å². The van der Waals surface area contributed by atoms with E-state index in [1.807, 2.05) is 24.3 Å². The number of thiocarbonyl (C=S) groups is 1. The number of likely N-dealkylation sites (N-methyl/N-ethyl adjacent to an activating group) is 1. The fourth-order valence-electron chi connectivity index (χ4n) is 1.94. The monoisotopic (exact) mass is 339 g/mol. The summed E-state index contributed by atoms with van der Waals surface area (Å²) in [4.78, 5) is 3.49. The van der Waals surface area contributed by atoms with E-state index in [4.69, 9.17) is 23.8 Å². The van der Waals surface area contributed by atoms with Crippen LogP contribution in [0.5, 0.6) is 0 Å². The molecule has 1 heterocycles. The number of rotatable bonds is 5. The second-order valence-corrected chi connectivity index (χ2v) is 6.60. The number of thiophene rings is 1. The summed E-state index contributed by atoms with van der Waals surface area (Å²) in [6.07, 6.45) is 0. The van der Waals surface area contributed by atoms with E-state index in [1.165, 1.54) is 4.88 Å². The lowest BCUT2D eigenvalue weighted by molar-refractivity contribution is 0.303. The number of hydrogen-bond acceptors (Lipinski definition) is 3. The highest BCUT2D eigenvalue weighted by Crippen LogP contribution is 2.23. The highest BCUT2D eigenvalue weighted by Gasteiger charge is 2.15. The van der Waals surface area contributed by atoms with Crippen molar-refractivity contribution in [3.8, 4) is 0 Å². The Hall–Kier alpha value is -1.14. The van der Waals surface area contributed by atoms with Gasteiger partial charge in [0.15, 0.2) is 5.11 Å². The topological polar surface area (TPSA) is 27.3 Å². The number of nitrogens with one attached hydrogen (secondary N) is 2. The van der Waals surface area contributed by atoms with Crippen LogP contribution in [0.4, 0.5) is 5.69 Å². The van der Waals surface area contributed by atoms with Gasteiger partial charge in [-0.3, -0.25) is 0 Å². The maximum absolute atomic E-state index is 6.11. The Labute approximate surface area is 139 Å². The van der Waals surface area contributed by atoms with Gasteiger partial charge in [0.05, 0.1) is 16.8 Å². The lowest BCUT2D eigenvalue weighted by atomic mass is 10.2. The minimum absolute atomic E-state index is 0.288. The van der Waals surface area contributed by atoms with Crippen LogP contribution in [-0.2, 0) is 0 Å². The van der Waals surface area contributed by atoms with Crippen LogP contribution in [0.25, 0.3) is 0 Å². The molecule has 0 saturated carbocycles. The molecular weight excluding hydrogens is 322 g/mol. The number of para-hydroxylation sites is 1. The molecule has 0 aliphatic carbocycles. The highest BCUT2D eigenvalue weighted by molar-refractivity contribution is 7.80. The summed E-state index contributed by atoms with van der Waals surface area (Å²) < 4.78 is 0. The Morgan fingerprint density at radius 2 is 2.05 bits per heavy atom. The molecule has 2 rings (SSSR count). The van der Waals surface area contributed by atoms with Crippen LogP contribution in [-0.4, -0.2) is 30.7 Å². The summed E-state index contributed by atoms with van der Waals surface area (Å²) >= 11 is 13.2. The molecule has 1 atom stereocenters. The van der Waals surface area contributed by atoms with Crippen molar-refractivity contribution in [1.29, 1.82) is 0 Å². The van der Waals surface area contributed by atoms with E-state index in [0.29, 0.717) is 10.1 Å². The molecule has 2 N–H and O–H groups in total. The molecule has 0 fully saturated rings. The minimum Gasteiger partial charge on any atom is -0.360 e. The van der Waals surface area contributed by atoms with Crippen LogP contribution in [0.2, 0.25) is 5.02 Å². The molecule has 1 aromatic carbocycles. The zero-order valence-electron chi connectivity index (χ0n) is 12.0. The molecule has 0 spiro atoms. The third-order valence-electron chi connectivity index (χ3n) is 3.07. The molecule has 2 aromatic rings. The van der Waals surface area contributed by atoms with E-state index >= 15 is 0 Å². The third kappa shape index (κ3) is 4.68. The van der Waals surface area contributed by atoms with Crippen molar-refractivity contribution in [2.45, 2.75) is 6.04 Å². The Balaban J connectivity index is 1.92. The van der Waals surface area contributed by atoms with Crippen molar-refractivity contribution in [2.75, 3.05) is 26.0 Å². The zero-order valence-corrected chi connectivity index (χ0v) is 14.4. The summed E-state index contributed by atoms with van der Waals surface area (Å²) in [5, 5.41) is 9.70. The average Bonchev–Trinajstić information content (AvgIpc) is 2.95. The Morgan fingerprint density at radius 3 is 2.67 bits per heavy atom. The van der Waals surface area contributed by atoms with Gasteiger partial charge < -0.3 is 15.5 Å². The summed E-state index contributed by atoms with van der Waals surface area (Å²) in [5.41, 5.74) is 0.814. The molecule has 0 amide bonds. The minimum atomic E-state index is 0.288. The average molecular weight is 340 g/mol. The van der Waals surface area contributed by atoms with Crippen molar-refractivity contribution < 1.29 is 0 Å². The van der Waals surface area contributed by atoms with Gasteiger partial charge in [-0.25, -0.2) is 0 Å². The summed E-state index contributed by atoms with van der Waals surface area (Å²) in [6.45, 7) is 0.740. The zero-order chi connectivity index (χ0) is 15.2. The van der Waals surface area contributed by atoms with Gasteiger partial charge >= 0.3 is 0 Å². The van der Waals surface area contributed by atoms with Gasteiger partial charge in [0, 0.05) is 11.4 Å². The Bertz CT molecular complexity index is 584. The molecule has 6 heteroatoms. The molecule has 0 unspecified atom stereocenters. The van der Waals surface area contributed by atoms with Crippen LogP contribution in [0, 0.1) is 0 Å². The smallest absolute Gasteiger partial charge is 0.170 e. The maximum Gasteiger partial charge on any atom is 0.170 e. The molecule has 1 aromatic heterocycles. The standard InChI is InChI=1S/C15H18ClN3S2/c1-19(2)13(14-8-5-9-21-14)10-17-15(20)18-12-7-4-3-6-11(12)16/h3-9,13H,10H2,1-2H3,(H2,17,18,20)/t13-/m1/s1. The first-order valence-corrected chi connectivity index (χ1v) is 8.23. The lowest BCUT2D eigenvalue weighted by Crippen LogP contribution is -2.36. The van der Waals surface area contributed by atoms with Crippen LogP contribution in [0.1, 0.15) is 10.9 Å². The quantitative estimate of drug-likeness (QED) is 0.805. The normalized spacial score (nSPS) is 12.2. The van der Waals surface area contributed by atoms with Crippen molar-refractivity contribution in [1.82, 2.24) is 10.2 Å². The van der Waals surface area contributed by atoms with Crippen LogP contribution >= 0.6 is 35.2 Å². The van der Waals surface area contributed by atoms with E-state index in [2.05, 4.69) is 47.1 Å².